The van der Waals surface area contributed by atoms with Gasteiger partial charge in [0.2, 0.25) is 23.6 Å². The first kappa shape index (κ1) is 50.6. The number of benzene rings is 1. The third-order valence-corrected chi connectivity index (χ3v) is 11.9. The molecule has 0 aliphatic carbocycles. The van der Waals surface area contributed by atoms with Crippen LogP contribution in [0.2, 0.25) is 0 Å². The van der Waals surface area contributed by atoms with Crippen LogP contribution in [0.15, 0.2) is 30.3 Å². The summed E-state index contributed by atoms with van der Waals surface area (Å²) in [6.45, 7) is 15.5. The molecule has 4 N–H and O–H groups in total. The predicted molar refractivity (Wildman–Crippen MR) is 227 cm³/mol. The summed E-state index contributed by atoms with van der Waals surface area (Å²) in [5, 5.41) is 5.96. The lowest BCUT2D eigenvalue weighted by molar-refractivity contribution is -0.149. The normalized spacial score (nSPS) is 18.6. The number of carbonyl (C=O) groups is 5. The van der Waals surface area contributed by atoms with Gasteiger partial charge in [-0.15, -0.1) is 0 Å². The second-order valence-electron chi connectivity index (χ2n) is 16.8. The smallest absolute Gasteiger partial charge is 0.328 e. The monoisotopic (exact) mass is 817 g/mol. The number of amides is 4. The lowest BCUT2D eigenvalue weighted by Gasteiger charge is -2.41. The zero-order valence-corrected chi connectivity index (χ0v) is 37.5. The van der Waals surface area contributed by atoms with Gasteiger partial charge < -0.3 is 40.4 Å². The average Bonchev–Trinajstić information content (AvgIpc) is 3.68. The predicted octanol–water partition coefficient (Wildman–Crippen LogP) is 3.64. The number of nitrogens with one attached hydrogen (secondary N) is 2. The van der Waals surface area contributed by atoms with E-state index < -0.39 is 54.3 Å². The van der Waals surface area contributed by atoms with Crippen molar-refractivity contribution in [2.75, 3.05) is 55.1 Å². The molecule has 1 aliphatic rings. The summed E-state index contributed by atoms with van der Waals surface area (Å²) >= 11 is 0. The highest BCUT2D eigenvalue weighted by Crippen LogP contribution is 2.30. The van der Waals surface area contributed by atoms with Crippen molar-refractivity contribution in [3.05, 3.63) is 35.9 Å². The van der Waals surface area contributed by atoms with Crippen LogP contribution in [0.1, 0.15) is 92.6 Å². The quantitative estimate of drug-likeness (QED) is 0.0978. The van der Waals surface area contributed by atoms with Gasteiger partial charge in [0.05, 0.1) is 49.8 Å². The van der Waals surface area contributed by atoms with Gasteiger partial charge in [-0.25, -0.2) is 4.79 Å². The number of ether oxygens (including phenoxy) is 3. The maximum atomic E-state index is 14.4. The van der Waals surface area contributed by atoms with Gasteiger partial charge in [0, 0.05) is 34.2 Å². The van der Waals surface area contributed by atoms with Crippen molar-refractivity contribution in [3.8, 4) is 0 Å². The molecule has 1 saturated heterocycles. The van der Waals surface area contributed by atoms with Gasteiger partial charge in [-0.05, 0) is 69.1 Å². The first-order chi connectivity index (χ1) is 27.5. The van der Waals surface area contributed by atoms with Gasteiger partial charge in [0.1, 0.15) is 12.1 Å². The third-order valence-electron chi connectivity index (χ3n) is 11.9. The van der Waals surface area contributed by atoms with Gasteiger partial charge >= 0.3 is 5.97 Å². The number of likely N-dealkylation sites (tertiary alicyclic amines) is 1. The molecule has 0 aromatic heterocycles. The summed E-state index contributed by atoms with van der Waals surface area (Å²) in [5.74, 6) is -2.47. The lowest BCUT2D eigenvalue weighted by Crippen LogP contribution is -2.60. The van der Waals surface area contributed by atoms with Crippen molar-refractivity contribution in [2.45, 2.75) is 136 Å². The first-order valence-electron chi connectivity index (χ1n) is 21.2. The largest absolute Gasteiger partial charge is 0.467 e. The third kappa shape index (κ3) is 14.0. The number of hydrogen-bond acceptors (Lipinski definition) is 10. The maximum absolute atomic E-state index is 14.4. The molecular formula is C44H76N6O8. The Bertz CT molecular complexity index is 1430. The SMILES string of the molecule is CC[C@H](C)C([C@@H](CC(=O)N1CCC[C@H]1[C@H](OC)[C@@H](C)C(=O)N[C@@H](Cc1ccccc1)C(=O)OC)OC)N(C)C(=O)[C@@H](NC(=O)[C@H](C(C)C)N(C)CCCCN)C(C)C. The highest BCUT2D eigenvalue weighted by molar-refractivity contribution is 5.90. The molecule has 0 radical (unpaired) electrons. The Morgan fingerprint density at radius 1 is 0.897 bits per heavy atom. The molecule has 4 amide bonds. The number of unbranched alkanes of at least 4 members (excludes halogenated alkanes) is 1. The molecule has 0 spiro atoms. The molecule has 1 aromatic carbocycles. The minimum atomic E-state index is -0.895. The van der Waals surface area contributed by atoms with E-state index in [4.69, 9.17) is 19.9 Å². The van der Waals surface area contributed by atoms with Crippen molar-refractivity contribution >= 4 is 29.6 Å². The van der Waals surface area contributed by atoms with Crippen LogP contribution in [-0.2, 0) is 44.6 Å². The Morgan fingerprint density at radius 2 is 1.55 bits per heavy atom. The Balaban J connectivity index is 2.28. The van der Waals surface area contributed by atoms with Gasteiger partial charge in [-0.3, -0.25) is 24.1 Å². The molecule has 14 heteroatoms. The number of carbonyl (C=O) groups excluding carboxylic acids is 5. The van der Waals surface area contributed by atoms with Gasteiger partial charge in [-0.2, -0.15) is 0 Å². The van der Waals surface area contributed by atoms with Crippen molar-refractivity contribution in [2.24, 2.45) is 29.4 Å². The molecule has 330 valence electrons. The highest BCUT2D eigenvalue weighted by atomic mass is 16.5. The maximum Gasteiger partial charge on any atom is 0.328 e. The van der Waals surface area contributed by atoms with E-state index in [1.54, 1.807) is 30.9 Å². The van der Waals surface area contributed by atoms with Crippen molar-refractivity contribution in [1.29, 1.82) is 0 Å². The number of hydrogen-bond donors (Lipinski definition) is 3. The topological polar surface area (TPSA) is 173 Å². The van der Waals surface area contributed by atoms with E-state index in [9.17, 15) is 24.0 Å². The lowest BCUT2D eigenvalue weighted by atomic mass is 9.89. The standard InChI is InChI=1S/C44H76N6O8/c1-13-30(6)39(49(9)43(54)37(28(2)3)47-42(53)38(29(4)5)48(8)24-18-17-23-45)35(56-10)27-36(51)50-25-19-22-34(50)40(57-11)31(7)41(52)46-33(44(55)58-12)26-32-20-15-14-16-21-32/h14-16,20-21,28-31,33-35,37-40H,13,17-19,22-27,45H2,1-12H3,(H,46,52)(H,47,53)/t30-,31+,33-,34-,35+,37-,38-,39?,40+/m0/s1. The molecule has 1 unspecified atom stereocenters. The fourth-order valence-corrected chi connectivity index (χ4v) is 8.42. The molecule has 1 heterocycles. The molecule has 1 aliphatic heterocycles. The van der Waals surface area contributed by atoms with E-state index in [-0.39, 0.29) is 54.2 Å². The summed E-state index contributed by atoms with van der Waals surface area (Å²) in [7, 11) is 8.04. The van der Waals surface area contributed by atoms with Crippen LogP contribution in [0.4, 0.5) is 0 Å². The second kappa shape index (κ2) is 25.1. The van der Waals surface area contributed by atoms with Crippen molar-refractivity contribution < 1.29 is 38.2 Å². The van der Waals surface area contributed by atoms with Crippen molar-refractivity contribution in [3.63, 3.8) is 0 Å². The number of esters is 1. The molecule has 58 heavy (non-hydrogen) atoms. The molecule has 0 bridgehead atoms. The molecule has 1 aromatic rings. The highest BCUT2D eigenvalue weighted by Gasteiger charge is 2.43. The Hall–Kier alpha value is -3.59. The summed E-state index contributed by atoms with van der Waals surface area (Å²) < 4.78 is 17.0. The van der Waals surface area contributed by atoms with E-state index in [0.29, 0.717) is 26.1 Å². The molecule has 0 saturated carbocycles. The average molecular weight is 817 g/mol. The Morgan fingerprint density at radius 3 is 2.09 bits per heavy atom. The Kier molecular flexibility index (Phi) is 21.9. The minimum Gasteiger partial charge on any atom is -0.467 e. The van der Waals surface area contributed by atoms with Crippen LogP contribution >= 0.6 is 0 Å². The molecule has 1 fully saturated rings. The van der Waals surface area contributed by atoms with Crippen LogP contribution in [0.5, 0.6) is 0 Å². The van der Waals surface area contributed by atoms with E-state index in [0.717, 1.165) is 31.2 Å². The summed E-state index contributed by atoms with van der Waals surface area (Å²) in [4.78, 5) is 74.4. The number of likely N-dealkylation sites (N-methyl/N-ethyl adjacent to an activating group) is 2. The number of nitrogens with two attached hydrogens (primary N) is 1. The second-order valence-corrected chi connectivity index (χ2v) is 16.8. The summed E-state index contributed by atoms with van der Waals surface area (Å²) in [6.07, 6.45) is 2.78. The van der Waals surface area contributed by atoms with E-state index >= 15 is 0 Å². The van der Waals surface area contributed by atoms with Gasteiger partial charge in [0.15, 0.2) is 0 Å². The number of methoxy groups -OCH3 is 3. The van der Waals surface area contributed by atoms with E-state index in [1.807, 2.05) is 83.8 Å². The van der Waals surface area contributed by atoms with E-state index in [2.05, 4.69) is 10.6 Å². The minimum absolute atomic E-state index is 0.000148. The molecule has 14 nitrogen and oxygen atoms in total. The first-order valence-corrected chi connectivity index (χ1v) is 21.2. The van der Waals surface area contributed by atoms with E-state index in [1.165, 1.54) is 14.2 Å². The van der Waals surface area contributed by atoms with Crippen LogP contribution in [0.25, 0.3) is 0 Å². The van der Waals surface area contributed by atoms with Crippen LogP contribution in [-0.4, -0.2) is 142 Å². The Labute approximate surface area is 348 Å². The zero-order valence-electron chi connectivity index (χ0n) is 37.5. The molecule has 2 rings (SSSR count). The molecular weight excluding hydrogens is 741 g/mol. The van der Waals surface area contributed by atoms with Crippen LogP contribution < -0.4 is 16.4 Å². The molecule has 9 atom stereocenters. The summed E-state index contributed by atoms with van der Waals surface area (Å²) in [6, 6.07) is 6.40. The number of rotatable bonds is 25. The van der Waals surface area contributed by atoms with Crippen molar-refractivity contribution in [1.82, 2.24) is 25.3 Å². The fraction of sp³-hybridized carbons (Fsp3) is 0.750. The van der Waals surface area contributed by atoms with Gasteiger partial charge in [0.25, 0.3) is 0 Å². The zero-order chi connectivity index (χ0) is 43.7. The van der Waals surface area contributed by atoms with Crippen LogP contribution in [0.3, 0.4) is 0 Å². The van der Waals surface area contributed by atoms with Crippen LogP contribution in [0, 0.1) is 23.7 Å². The van der Waals surface area contributed by atoms with Gasteiger partial charge in [-0.1, -0.05) is 85.2 Å². The summed E-state index contributed by atoms with van der Waals surface area (Å²) in [5.41, 5.74) is 6.58. The number of nitrogens with zero attached hydrogens (tertiary/aromatic N) is 3. The fourth-order valence-electron chi connectivity index (χ4n) is 8.42.